The highest BCUT2D eigenvalue weighted by Gasteiger charge is 2.24. The molecule has 0 atom stereocenters. The van der Waals surface area contributed by atoms with Crippen molar-refractivity contribution >= 4 is 21.7 Å². The molecule has 0 unspecified atom stereocenters. The summed E-state index contributed by atoms with van der Waals surface area (Å²) in [6, 6.07) is 0.0708. The van der Waals surface area contributed by atoms with E-state index in [1.807, 2.05) is 0 Å². The van der Waals surface area contributed by atoms with E-state index in [9.17, 15) is 13.6 Å². The number of ketones is 1. The summed E-state index contributed by atoms with van der Waals surface area (Å²) in [6.45, 7) is 0. The standard InChI is InChI=1S/C10H11BrF2N2O/c11-8-5-15(14-9(8)10(12)13)6-1-3-7(16)4-2-6/h5-6,10H,1-4H2. The van der Waals surface area contributed by atoms with Crippen molar-refractivity contribution in [1.29, 1.82) is 0 Å². The van der Waals surface area contributed by atoms with E-state index >= 15 is 0 Å². The molecule has 0 aliphatic heterocycles. The molecule has 1 fully saturated rings. The third-order valence-corrected chi connectivity index (χ3v) is 3.42. The maximum Gasteiger partial charge on any atom is 0.283 e. The Morgan fingerprint density at radius 2 is 2.06 bits per heavy atom. The smallest absolute Gasteiger partial charge is 0.283 e. The Morgan fingerprint density at radius 1 is 1.44 bits per heavy atom. The summed E-state index contributed by atoms with van der Waals surface area (Å²) in [5.41, 5.74) is -0.225. The first-order valence-electron chi connectivity index (χ1n) is 5.12. The predicted molar refractivity (Wildman–Crippen MR) is 57.4 cm³/mol. The number of carbonyl (C=O) groups is 1. The van der Waals surface area contributed by atoms with Gasteiger partial charge in [0.15, 0.2) is 0 Å². The molecule has 0 bridgehead atoms. The number of halogens is 3. The molecule has 1 heterocycles. The van der Waals surface area contributed by atoms with E-state index in [1.165, 1.54) is 0 Å². The largest absolute Gasteiger partial charge is 0.300 e. The summed E-state index contributed by atoms with van der Waals surface area (Å²) in [5.74, 6) is 0.247. The van der Waals surface area contributed by atoms with Gasteiger partial charge in [0, 0.05) is 19.0 Å². The summed E-state index contributed by atoms with van der Waals surface area (Å²) in [4.78, 5) is 11.1. The summed E-state index contributed by atoms with van der Waals surface area (Å²) in [6.07, 6.45) is 1.42. The van der Waals surface area contributed by atoms with Crippen molar-refractivity contribution in [2.75, 3.05) is 0 Å². The van der Waals surface area contributed by atoms with Gasteiger partial charge in [-0.25, -0.2) is 8.78 Å². The van der Waals surface area contributed by atoms with Crippen molar-refractivity contribution in [2.45, 2.75) is 38.2 Å². The molecule has 88 valence electrons. The fourth-order valence-corrected chi connectivity index (χ4v) is 2.37. The first-order valence-corrected chi connectivity index (χ1v) is 5.91. The lowest BCUT2D eigenvalue weighted by atomic mass is 9.95. The highest BCUT2D eigenvalue weighted by Crippen LogP contribution is 2.31. The Kier molecular flexibility index (Phi) is 3.37. The topological polar surface area (TPSA) is 34.9 Å². The molecule has 16 heavy (non-hydrogen) atoms. The van der Waals surface area contributed by atoms with E-state index in [4.69, 9.17) is 0 Å². The minimum absolute atomic E-state index is 0.0708. The van der Waals surface area contributed by atoms with Crippen LogP contribution in [0.5, 0.6) is 0 Å². The quantitative estimate of drug-likeness (QED) is 0.838. The highest BCUT2D eigenvalue weighted by molar-refractivity contribution is 9.10. The van der Waals surface area contributed by atoms with Gasteiger partial charge in [-0.3, -0.25) is 9.48 Å². The first kappa shape index (κ1) is 11.7. The van der Waals surface area contributed by atoms with Crippen LogP contribution in [0.2, 0.25) is 0 Å². The van der Waals surface area contributed by atoms with E-state index in [2.05, 4.69) is 21.0 Å². The van der Waals surface area contributed by atoms with Gasteiger partial charge in [-0.15, -0.1) is 0 Å². The second-order valence-electron chi connectivity index (χ2n) is 3.91. The zero-order chi connectivity index (χ0) is 11.7. The average Bonchev–Trinajstić information content (AvgIpc) is 2.61. The molecule has 1 saturated carbocycles. The molecule has 0 N–H and O–H groups in total. The van der Waals surface area contributed by atoms with Gasteiger partial charge in [-0.1, -0.05) is 0 Å². The van der Waals surface area contributed by atoms with Crippen LogP contribution in [0.1, 0.15) is 43.8 Å². The molecular formula is C10H11BrF2N2O. The van der Waals surface area contributed by atoms with E-state index in [0.29, 0.717) is 30.2 Å². The monoisotopic (exact) mass is 292 g/mol. The number of hydrogen-bond acceptors (Lipinski definition) is 2. The zero-order valence-electron chi connectivity index (χ0n) is 8.50. The van der Waals surface area contributed by atoms with Gasteiger partial charge in [-0.05, 0) is 28.8 Å². The molecule has 0 saturated heterocycles. The lowest BCUT2D eigenvalue weighted by Gasteiger charge is -2.21. The number of rotatable bonds is 2. The van der Waals surface area contributed by atoms with Crippen molar-refractivity contribution in [3.8, 4) is 0 Å². The minimum Gasteiger partial charge on any atom is -0.300 e. The molecule has 0 amide bonds. The summed E-state index contributed by atoms with van der Waals surface area (Å²) in [7, 11) is 0. The maximum absolute atomic E-state index is 12.5. The van der Waals surface area contributed by atoms with Crippen LogP contribution in [0, 0.1) is 0 Å². The number of aromatic nitrogens is 2. The molecule has 1 aliphatic rings. The lowest BCUT2D eigenvalue weighted by molar-refractivity contribution is -0.120. The predicted octanol–water partition coefficient (Wildman–Crippen LogP) is 3.27. The number of alkyl halides is 2. The van der Waals surface area contributed by atoms with Crippen molar-refractivity contribution in [1.82, 2.24) is 9.78 Å². The van der Waals surface area contributed by atoms with Crippen LogP contribution < -0.4 is 0 Å². The number of nitrogens with zero attached hydrogens (tertiary/aromatic N) is 2. The molecule has 1 aromatic heterocycles. The fraction of sp³-hybridized carbons (Fsp3) is 0.600. The van der Waals surface area contributed by atoms with Crippen LogP contribution >= 0.6 is 15.9 Å². The summed E-state index contributed by atoms with van der Waals surface area (Å²) < 4.78 is 26.9. The third-order valence-electron chi connectivity index (χ3n) is 2.81. The number of carbonyl (C=O) groups excluding carboxylic acids is 1. The molecule has 1 aromatic rings. The van der Waals surface area contributed by atoms with Gasteiger partial charge in [-0.2, -0.15) is 5.10 Å². The Hall–Kier alpha value is -0.780. The lowest BCUT2D eigenvalue weighted by Crippen LogP contribution is -2.18. The Bertz CT molecular complexity index is 396. The molecule has 3 nitrogen and oxygen atoms in total. The second-order valence-corrected chi connectivity index (χ2v) is 4.77. The molecule has 1 aliphatic carbocycles. The van der Waals surface area contributed by atoms with Crippen LogP contribution in [0.3, 0.4) is 0 Å². The molecule has 0 spiro atoms. The maximum atomic E-state index is 12.5. The number of Topliss-reactive ketones (excluding diaryl/α,β-unsaturated/α-hetero) is 1. The van der Waals surface area contributed by atoms with Gasteiger partial charge in [0.25, 0.3) is 6.43 Å². The van der Waals surface area contributed by atoms with E-state index < -0.39 is 6.43 Å². The normalized spacial score (nSPS) is 18.4. The van der Waals surface area contributed by atoms with Gasteiger partial charge < -0.3 is 0 Å². The Balaban J connectivity index is 2.15. The van der Waals surface area contributed by atoms with Gasteiger partial charge in [0.2, 0.25) is 0 Å². The molecule has 0 radical (unpaired) electrons. The van der Waals surface area contributed by atoms with Crippen molar-refractivity contribution in [3.63, 3.8) is 0 Å². The average molecular weight is 293 g/mol. The fourth-order valence-electron chi connectivity index (χ4n) is 1.91. The van der Waals surface area contributed by atoms with Crippen molar-refractivity contribution in [3.05, 3.63) is 16.4 Å². The zero-order valence-corrected chi connectivity index (χ0v) is 10.1. The Morgan fingerprint density at radius 3 is 2.56 bits per heavy atom. The van der Waals surface area contributed by atoms with Crippen LogP contribution in [0.25, 0.3) is 0 Å². The minimum atomic E-state index is -2.57. The van der Waals surface area contributed by atoms with Gasteiger partial charge in [0.05, 0.1) is 10.5 Å². The first-order chi connectivity index (χ1) is 7.58. The van der Waals surface area contributed by atoms with Crippen LogP contribution in [0.4, 0.5) is 8.78 Å². The van der Waals surface area contributed by atoms with E-state index in [-0.39, 0.29) is 17.5 Å². The molecule has 0 aromatic carbocycles. The second kappa shape index (κ2) is 4.61. The number of hydrogen-bond donors (Lipinski definition) is 0. The van der Waals surface area contributed by atoms with Crippen LogP contribution in [-0.2, 0) is 4.79 Å². The van der Waals surface area contributed by atoms with Crippen molar-refractivity contribution in [2.24, 2.45) is 0 Å². The van der Waals surface area contributed by atoms with Crippen LogP contribution in [0.15, 0.2) is 10.7 Å². The highest BCUT2D eigenvalue weighted by atomic mass is 79.9. The van der Waals surface area contributed by atoms with Gasteiger partial charge >= 0.3 is 0 Å². The SMILES string of the molecule is O=C1CCC(n2cc(Br)c(C(F)F)n2)CC1. The third kappa shape index (κ3) is 2.31. The van der Waals surface area contributed by atoms with Gasteiger partial charge in [0.1, 0.15) is 11.5 Å². The Labute approximate surface area is 99.9 Å². The molecule has 6 heteroatoms. The van der Waals surface area contributed by atoms with Crippen molar-refractivity contribution < 1.29 is 13.6 Å². The molecular weight excluding hydrogens is 282 g/mol. The van der Waals surface area contributed by atoms with Crippen LogP contribution in [-0.4, -0.2) is 15.6 Å². The summed E-state index contributed by atoms with van der Waals surface area (Å²) >= 11 is 3.07. The van der Waals surface area contributed by atoms with E-state index in [0.717, 1.165) is 0 Å². The molecule has 2 rings (SSSR count). The van der Waals surface area contributed by atoms with E-state index in [1.54, 1.807) is 10.9 Å². The summed E-state index contributed by atoms with van der Waals surface area (Å²) in [5, 5.41) is 3.87.